The van der Waals surface area contributed by atoms with Crippen molar-refractivity contribution in [2.45, 2.75) is 39.7 Å². The molecule has 0 spiro atoms. The van der Waals surface area contributed by atoms with Crippen LogP contribution in [0, 0.1) is 24.7 Å². The molecule has 0 bridgehead atoms. The van der Waals surface area contributed by atoms with E-state index in [1.54, 1.807) is 0 Å². The molecule has 0 amide bonds. The van der Waals surface area contributed by atoms with Crippen LogP contribution >= 0.6 is 0 Å². The molecule has 0 aromatic heterocycles. The average Bonchev–Trinajstić information content (AvgIpc) is 2.71. The van der Waals surface area contributed by atoms with Crippen LogP contribution < -0.4 is 14.8 Å². The van der Waals surface area contributed by atoms with E-state index in [2.05, 4.69) is 69.3 Å². The molecule has 0 fully saturated rings. The number of hydrogen-bond acceptors (Lipinski definition) is 3. The van der Waals surface area contributed by atoms with Crippen molar-refractivity contribution in [3.63, 3.8) is 0 Å². The van der Waals surface area contributed by atoms with E-state index in [-0.39, 0.29) is 10.7 Å². The van der Waals surface area contributed by atoms with Crippen LogP contribution in [-0.2, 0) is 0 Å². The summed E-state index contributed by atoms with van der Waals surface area (Å²) in [6.07, 6.45) is 1.10. The molecule has 3 aromatic carbocycles. The number of nitrogens with one attached hydrogen (secondary N) is 2. The minimum atomic E-state index is -2.69. The second-order valence-electron chi connectivity index (χ2n) is 8.76. The topological polar surface area (TPSA) is 56.9 Å². The molecule has 0 aliphatic carbocycles. The van der Waals surface area contributed by atoms with Gasteiger partial charge in [0.15, 0.2) is 0 Å². The third kappa shape index (κ3) is 3.88. The Labute approximate surface area is 180 Å². The zero-order valence-electron chi connectivity index (χ0n) is 18.4. The third-order valence-electron chi connectivity index (χ3n) is 5.61. The average molecular weight is 415 g/mol. The molecule has 0 unspecified atom stereocenters. The lowest BCUT2D eigenvalue weighted by Crippen LogP contribution is -2.68. The van der Waals surface area contributed by atoms with Crippen molar-refractivity contribution in [2.75, 3.05) is 0 Å². The summed E-state index contributed by atoms with van der Waals surface area (Å²) >= 11 is 0. The maximum Gasteiger partial charge on any atom is 0.319 e. The van der Waals surface area contributed by atoms with E-state index in [1.807, 2.05) is 38.1 Å². The number of rotatable bonds is 6. The van der Waals surface area contributed by atoms with Crippen molar-refractivity contribution >= 4 is 30.6 Å². The Balaban J connectivity index is 2.25. The van der Waals surface area contributed by atoms with Crippen LogP contribution in [0.2, 0.25) is 5.04 Å². The summed E-state index contributed by atoms with van der Waals surface area (Å²) in [5.74, 6) is 0.820. The second-order valence-corrected chi connectivity index (χ2v) is 13.0. The van der Waals surface area contributed by atoms with Crippen LogP contribution in [0.25, 0.3) is 0 Å². The summed E-state index contributed by atoms with van der Waals surface area (Å²) in [6.45, 7) is 10.8. The largest absolute Gasteiger partial charge is 0.534 e. The molecule has 3 rings (SSSR count). The van der Waals surface area contributed by atoms with Gasteiger partial charge in [-0.15, -0.1) is 0 Å². The minimum absolute atomic E-state index is 0.113. The van der Waals surface area contributed by atoms with Crippen LogP contribution in [0.1, 0.15) is 37.5 Å². The summed E-state index contributed by atoms with van der Waals surface area (Å²) in [7, 11) is -2.69. The molecule has 154 valence electrons. The van der Waals surface area contributed by atoms with E-state index in [0.29, 0.717) is 0 Å². The maximum absolute atomic E-state index is 8.10. The zero-order chi connectivity index (χ0) is 21.9. The van der Waals surface area contributed by atoms with Crippen LogP contribution in [0.5, 0.6) is 5.75 Å². The summed E-state index contributed by atoms with van der Waals surface area (Å²) in [6, 6.07) is 25.2. The van der Waals surface area contributed by atoms with Gasteiger partial charge in [0.2, 0.25) is 0 Å². The van der Waals surface area contributed by atoms with Crippen molar-refractivity contribution in [1.82, 2.24) is 0 Å². The molecule has 0 aliphatic rings. The second kappa shape index (κ2) is 8.40. The maximum atomic E-state index is 8.10. The van der Waals surface area contributed by atoms with Gasteiger partial charge < -0.3 is 9.84 Å². The van der Waals surface area contributed by atoms with Crippen LogP contribution in [0.15, 0.2) is 72.8 Å². The summed E-state index contributed by atoms with van der Waals surface area (Å²) in [5.41, 5.74) is 2.94. The van der Waals surface area contributed by atoms with E-state index in [9.17, 15) is 0 Å². The fraction of sp³-hybridized carbons (Fsp3) is 0.231. The van der Waals surface area contributed by atoms with E-state index < -0.39 is 8.32 Å². The van der Waals surface area contributed by atoms with E-state index in [0.717, 1.165) is 28.7 Å². The van der Waals surface area contributed by atoms with Gasteiger partial charge in [-0.2, -0.15) is 0 Å². The van der Waals surface area contributed by atoms with Crippen LogP contribution in [0.3, 0.4) is 0 Å². The Morgan fingerprint density at radius 3 is 1.63 bits per heavy atom. The number of aryl methyl sites for hydroxylation is 2. The first kappa shape index (κ1) is 21.7. The first-order chi connectivity index (χ1) is 14.2. The number of hydrogen-bond donors (Lipinski definition) is 2. The zero-order valence-corrected chi connectivity index (χ0v) is 19.4. The molecular formula is C26H30N2OSi. The number of benzene rings is 3. The highest BCUT2D eigenvalue weighted by atomic mass is 28.4. The van der Waals surface area contributed by atoms with Gasteiger partial charge in [0.25, 0.3) is 0 Å². The van der Waals surface area contributed by atoms with Crippen LogP contribution in [-0.4, -0.2) is 20.2 Å². The van der Waals surface area contributed by atoms with Crippen molar-refractivity contribution in [3.8, 4) is 5.75 Å². The SMILES string of the molecule is Cc1cc(O[Si](c2ccccc2)(c2ccccc2)C(C)(C)C)cc(C)c1C(=N)C=N. The standard InChI is InChI=1S/C26H30N2OSi/c1-19-16-21(17-20(2)25(19)24(28)18-27)29-30(26(3,4)5,22-12-8-6-9-13-22)23-14-10-7-11-15-23/h6-18,27-28H,1-5H3. The van der Waals surface area contributed by atoms with Gasteiger partial charge in [-0.25, -0.2) is 0 Å². The highest BCUT2D eigenvalue weighted by Gasteiger charge is 2.52. The lowest BCUT2D eigenvalue weighted by atomic mass is 9.99. The first-order valence-corrected chi connectivity index (χ1v) is 12.1. The van der Waals surface area contributed by atoms with Crippen molar-refractivity contribution < 1.29 is 4.43 Å². The van der Waals surface area contributed by atoms with Crippen molar-refractivity contribution in [2.24, 2.45) is 0 Å². The predicted molar refractivity (Wildman–Crippen MR) is 130 cm³/mol. The lowest BCUT2D eigenvalue weighted by molar-refractivity contribution is 0.507. The molecule has 0 saturated heterocycles. The van der Waals surface area contributed by atoms with Crippen molar-refractivity contribution in [3.05, 3.63) is 89.5 Å². The summed E-state index contributed by atoms with van der Waals surface area (Å²) in [5, 5.41) is 17.9. The van der Waals surface area contributed by atoms with Gasteiger partial charge >= 0.3 is 8.32 Å². The Kier molecular flexibility index (Phi) is 6.08. The molecule has 0 atom stereocenters. The molecule has 2 N–H and O–H groups in total. The Morgan fingerprint density at radius 2 is 1.27 bits per heavy atom. The molecule has 0 heterocycles. The predicted octanol–water partition coefficient (Wildman–Crippen LogP) is 5.26. The van der Waals surface area contributed by atoms with Gasteiger partial charge in [-0.1, -0.05) is 81.4 Å². The normalized spacial score (nSPS) is 11.8. The van der Waals surface area contributed by atoms with Gasteiger partial charge in [-0.05, 0) is 52.5 Å². The minimum Gasteiger partial charge on any atom is -0.534 e. The van der Waals surface area contributed by atoms with Gasteiger partial charge in [0, 0.05) is 11.8 Å². The van der Waals surface area contributed by atoms with Gasteiger partial charge in [0.1, 0.15) is 5.75 Å². The smallest absolute Gasteiger partial charge is 0.319 e. The molecule has 4 heteroatoms. The van der Waals surface area contributed by atoms with Gasteiger partial charge in [-0.3, -0.25) is 5.41 Å². The van der Waals surface area contributed by atoms with Crippen molar-refractivity contribution in [1.29, 1.82) is 10.8 Å². The monoisotopic (exact) mass is 414 g/mol. The first-order valence-electron chi connectivity index (χ1n) is 10.2. The lowest BCUT2D eigenvalue weighted by Gasteiger charge is -2.43. The fourth-order valence-electron chi connectivity index (χ4n) is 4.31. The Morgan fingerprint density at radius 1 is 0.833 bits per heavy atom. The Hall–Kier alpha value is -2.98. The molecule has 3 nitrogen and oxygen atoms in total. The van der Waals surface area contributed by atoms with E-state index in [1.165, 1.54) is 10.4 Å². The highest BCUT2D eigenvalue weighted by molar-refractivity contribution is 7.00. The molecule has 30 heavy (non-hydrogen) atoms. The molecule has 0 radical (unpaired) electrons. The highest BCUT2D eigenvalue weighted by Crippen LogP contribution is 2.38. The third-order valence-corrected chi connectivity index (χ3v) is 10.6. The molecule has 0 aliphatic heterocycles. The molecular weight excluding hydrogens is 384 g/mol. The summed E-state index contributed by atoms with van der Waals surface area (Å²) < 4.78 is 7.08. The van der Waals surface area contributed by atoms with E-state index in [4.69, 9.17) is 15.2 Å². The Bertz CT molecular complexity index is 991. The van der Waals surface area contributed by atoms with E-state index >= 15 is 0 Å². The molecule has 3 aromatic rings. The molecule has 0 saturated carbocycles. The van der Waals surface area contributed by atoms with Crippen LogP contribution in [0.4, 0.5) is 0 Å². The quantitative estimate of drug-likeness (QED) is 0.419. The summed E-state index contributed by atoms with van der Waals surface area (Å²) in [4.78, 5) is 0. The van der Waals surface area contributed by atoms with Gasteiger partial charge in [0.05, 0.1) is 5.71 Å². The fourth-order valence-corrected chi connectivity index (χ4v) is 8.71.